The molecule has 0 bridgehead atoms. The summed E-state index contributed by atoms with van der Waals surface area (Å²) in [4.78, 5) is 30.4. The third kappa shape index (κ3) is 5.00. The Morgan fingerprint density at radius 1 is 1.19 bits per heavy atom. The van der Waals surface area contributed by atoms with E-state index in [9.17, 15) is 18.0 Å². The lowest BCUT2D eigenvalue weighted by Crippen LogP contribution is -2.40. The van der Waals surface area contributed by atoms with Crippen molar-refractivity contribution in [2.45, 2.75) is 25.9 Å². The molecule has 0 saturated carbocycles. The number of nitrogens with zero attached hydrogens (tertiary/aromatic N) is 1. The predicted octanol–water partition coefficient (Wildman–Crippen LogP) is 2.42. The van der Waals surface area contributed by atoms with E-state index in [0.717, 1.165) is 17.3 Å². The maximum atomic E-state index is 12.8. The van der Waals surface area contributed by atoms with Crippen molar-refractivity contribution in [3.05, 3.63) is 65.4 Å². The molecule has 3 aromatic rings. The van der Waals surface area contributed by atoms with Crippen LogP contribution in [0.5, 0.6) is 0 Å². The van der Waals surface area contributed by atoms with Crippen LogP contribution in [0.25, 0.3) is 10.9 Å². The zero-order valence-corrected chi connectivity index (χ0v) is 18.8. The van der Waals surface area contributed by atoms with Crippen LogP contribution in [-0.2, 0) is 21.4 Å². The smallest absolute Gasteiger partial charge is 0.240 e. The average Bonchev–Trinajstić information content (AvgIpc) is 3.30. The number of carbonyl (C=O) groups excluding carboxylic acids is 2. The quantitative estimate of drug-likeness (QED) is 0.453. The monoisotopic (exact) mass is 454 g/mol. The Hall–Kier alpha value is -3.17. The molecule has 1 aliphatic heterocycles. The summed E-state index contributed by atoms with van der Waals surface area (Å²) in [5.41, 5.74) is 3.83. The van der Waals surface area contributed by atoms with Crippen molar-refractivity contribution < 1.29 is 18.0 Å². The van der Waals surface area contributed by atoms with E-state index < -0.39 is 16.1 Å². The molecule has 1 aromatic heterocycles. The van der Waals surface area contributed by atoms with Crippen LogP contribution >= 0.6 is 0 Å². The number of Topliss-reactive ketones (excluding diaryl/α,β-unsaturated/α-hetero) is 1. The van der Waals surface area contributed by atoms with Gasteiger partial charge in [0.05, 0.1) is 18.8 Å². The normalized spacial score (nSPS) is 16.6. The zero-order chi connectivity index (χ0) is 22.9. The largest absolute Gasteiger partial charge is 0.360 e. The van der Waals surface area contributed by atoms with Crippen LogP contribution in [0.4, 0.5) is 5.69 Å². The van der Waals surface area contributed by atoms with Crippen LogP contribution in [0.3, 0.4) is 0 Å². The van der Waals surface area contributed by atoms with Gasteiger partial charge in [0.1, 0.15) is 0 Å². The third-order valence-electron chi connectivity index (χ3n) is 5.59. The van der Waals surface area contributed by atoms with E-state index in [4.69, 9.17) is 0 Å². The maximum Gasteiger partial charge on any atom is 0.240 e. The fourth-order valence-corrected chi connectivity index (χ4v) is 4.49. The molecule has 4 rings (SSSR count). The number of likely N-dealkylation sites (tertiary alicyclic amines) is 1. The van der Waals surface area contributed by atoms with Gasteiger partial charge < -0.3 is 9.88 Å². The van der Waals surface area contributed by atoms with Crippen molar-refractivity contribution in [3.63, 3.8) is 0 Å². The summed E-state index contributed by atoms with van der Waals surface area (Å²) < 4.78 is 25.4. The second kappa shape index (κ2) is 8.76. The lowest BCUT2D eigenvalue weighted by atomic mass is 10.1. The lowest BCUT2D eigenvalue weighted by Gasteiger charge is -2.17. The predicted molar refractivity (Wildman–Crippen MR) is 124 cm³/mol. The third-order valence-corrected chi connectivity index (χ3v) is 6.19. The van der Waals surface area contributed by atoms with E-state index in [1.807, 2.05) is 36.1 Å². The van der Waals surface area contributed by atoms with Gasteiger partial charge in [-0.25, -0.2) is 8.42 Å². The fraction of sp³-hybridized carbons (Fsp3) is 0.304. The van der Waals surface area contributed by atoms with Gasteiger partial charge in [0.2, 0.25) is 15.9 Å². The number of amides is 1. The van der Waals surface area contributed by atoms with Crippen molar-refractivity contribution in [1.82, 2.24) is 15.2 Å². The zero-order valence-electron chi connectivity index (χ0n) is 18.0. The molecule has 9 heteroatoms. The Morgan fingerprint density at radius 2 is 1.94 bits per heavy atom. The highest BCUT2D eigenvalue weighted by molar-refractivity contribution is 7.92. The van der Waals surface area contributed by atoms with Crippen LogP contribution in [0.2, 0.25) is 0 Å². The van der Waals surface area contributed by atoms with Crippen LogP contribution in [0.15, 0.2) is 48.7 Å². The molecule has 8 nitrogen and oxygen atoms in total. The molecule has 2 aromatic carbocycles. The number of carbonyl (C=O) groups is 2. The number of aromatic amines is 1. The second-order valence-electron chi connectivity index (χ2n) is 8.23. The van der Waals surface area contributed by atoms with Gasteiger partial charge in [0.15, 0.2) is 5.78 Å². The summed E-state index contributed by atoms with van der Waals surface area (Å²) in [7, 11) is -3.42. The second-order valence-corrected chi connectivity index (χ2v) is 9.98. The van der Waals surface area contributed by atoms with Crippen molar-refractivity contribution in [2.75, 3.05) is 24.1 Å². The van der Waals surface area contributed by atoms with Gasteiger partial charge in [-0.2, -0.15) is 0 Å². The maximum absolute atomic E-state index is 12.8. The van der Waals surface area contributed by atoms with Gasteiger partial charge in [-0.15, -0.1) is 0 Å². The molecule has 0 radical (unpaired) electrons. The molecule has 1 saturated heterocycles. The number of H-pyrrole nitrogens is 1. The summed E-state index contributed by atoms with van der Waals surface area (Å²) >= 11 is 0. The van der Waals surface area contributed by atoms with Gasteiger partial charge >= 0.3 is 0 Å². The van der Waals surface area contributed by atoms with Gasteiger partial charge in [0.25, 0.3) is 0 Å². The standard InChI is InChI=1S/C23H26N4O4S/c1-15-3-5-16(6-4-15)14-27-10-9-21(23(27)29)25-13-22(28)19-12-24-20-8-7-17(11-18(19)20)26-32(2,30)31/h3-8,11-12,21,24-26H,9-10,13-14H2,1-2H3. The molecule has 1 amide bonds. The number of ketones is 1. The molecular formula is C23H26N4O4S. The van der Waals surface area contributed by atoms with Crippen molar-refractivity contribution in [2.24, 2.45) is 0 Å². The van der Waals surface area contributed by atoms with Gasteiger partial charge in [-0.1, -0.05) is 29.8 Å². The summed E-state index contributed by atoms with van der Waals surface area (Å²) in [6.45, 7) is 3.25. The van der Waals surface area contributed by atoms with Gasteiger partial charge in [-0.05, 0) is 37.1 Å². The Kier molecular flexibility index (Phi) is 6.03. The first-order chi connectivity index (χ1) is 15.2. The number of aryl methyl sites for hydroxylation is 1. The number of aromatic nitrogens is 1. The molecule has 3 N–H and O–H groups in total. The molecular weight excluding hydrogens is 428 g/mol. The molecule has 1 unspecified atom stereocenters. The number of sulfonamides is 1. The Bertz CT molecular complexity index is 1260. The highest BCUT2D eigenvalue weighted by atomic mass is 32.2. The van der Waals surface area contributed by atoms with Crippen LogP contribution < -0.4 is 10.0 Å². The number of hydrogen-bond acceptors (Lipinski definition) is 5. The van der Waals surface area contributed by atoms with E-state index in [2.05, 4.69) is 15.0 Å². The minimum absolute atomic E-state index is 0.00283. The minimum atomic E-state index is -3.42. The molecule has 0 spiro atoms. The molecule has 32 heavy (non-hydrogen) atoms. The first-order valence-corrected chi connectivity index (χ1v) is 12.3. The molecule has 0 aliphatic carbocycles. The molecule has 168 valence electrons. The van der Waals surface area contributed by atoms with E-state index in [1.165, 1.54) is 5.56 Å². The van der Waals surface area contributed by atoms with E-state index >= 15 is 0 Å². The molecule has 2 heterocycles. The molecule has 1 atom stereocenters. The average molecular weight is 455 g/mol. The van der Waals surface area contributed by atoms with Crippen molar-refractivity contribution in [3.8, 4) is 0 Å². The number of rotatable bonds is 8. The SMILES string of the molecule is Cc1ccc(CN2CCC(NCC(=O)c3c[nH]c4ccc(NS(C)(=O)=O)cc34)C2=O)cc1. The minimum Gasteiger partial charge on any atom is -0.360 e. The number of nitrogens with one attached hydrogen (secondary N) is 3. The van der Waals surface area contributed by atoms with Crippen LogP contribution in [0, 0.1) is 6.92 Å². The summed E-state index contributed by atoms with van der Waals surface area (Å²) in [5.74, 6) is -0.172. The molecule has 1 aliphatic rings. The Labute approximate surface area is 187 Å². The van der Waals surface area contributed by atoms with Gasteiger partial charge in [-0.3, -0.25) is 19.6 Å². The highest BCUT2D eigenvalue weighted by Crippen LogP contribution is 2.23. The number of fused-ring (bicyclic) bond motifs is 1. The number of anilines is 1. The van der Waals surface area contributed by atoms with Gasteiger partial charge in [0, 0.05) is 41.4 Å². The first kappa shape index (κ1) is 22.0. The fourth-order valence-electron chi connectivity index (χ4n) is 3.94. The topological polar surface area (TPSA) is 111 Å². The summed E-state index contributed by atoms with van der Waals surface area (Å²) in [6, 6.07) is 12.7. The van der Waals surface area contributed by atoms with E-state index in [0.29, 0.717) is 36.1 Å². The Morgan fingerprint density at radius 3 is 2.66 bits per heavy atom. The summed E-state index contributed by atoms with van der Waals surface area (Å²) in [5, 5.41) is 3.72. The number of hydrogen-bond donors (Lipinski definition) is 3. The Balaban J connectivity index is 1.39. The summed E-state index contributed by atoms with van der Waals surface area (Å²) in [6.07, 6.45) is 3.33. The highest BCUT2D eigenvalue weighted by Gasteiger charge is 2.31. The lowest BCUT2D eigenvalue weighted by molar-refractivity contribution is -0.129. The van der Waals surface area contributed by atoms with Crippen molar-refractivity contribution in [1.29, 1.82) is 0 Å². The first-order valence-electron chi connectivity index (χ1n) is 10.4. The van der Waals surface area contributed by atoms with Crippen molar-refractivity contribution >= 4 is 38.3 Å². The van der Waals surface area contributed by atoms with E-state index in [-0.39, 0.29) is 18.2 Å². The van der Waals surface area contributed by atoms with Crippen LogP contribution in [-0.4, -0.2) is 55.4 Å². The number of benzene rings is 2. The molecule has 1 fully saturated rings. The van der Waals surface area contributed by atoms with Crippen LogP contribution in [0.1, 0.15) is 27.9 Å². The van der Waals surface area contributed by atoms with E-state index in [1.54, 1.807) is 24.4 Å².